The average molecular weight is 368 g/mol. The zero-order valence-corrected chi connectivity index (χ0v) is 15.4. The van der Waals surface area contributed by atoms with Crippen LogP contribution in [0.15, 0.2) is 45.6 Å². The van der Waals surface area contributed by atoms with Gasteiger partial charge in [-0.3, -0.25) is 9.59 Å². The minimum absolute atomic E-state index is 0.0396. The van der Waals surface area contributed by atoms with Crippen LogP contribution in [0.25, 0.3) is 11.0 Å². The van der Waals surface area contributed by atoms with E-state index in [0.717, 1.165) is 11.1 Å². The Morgan fingerprint density at radius 2 is 1.74 bits per heavy atom. The van der Waals surface area contributed by atoms with E-state index in [4.69, 9.17) is 19.0 Å². The Hall–Kier alpha value is -3.28. The number of carbonyl (C=O) groups is 1. The number of aliphatic carboxylic acids is 1. The lowest BCUT2D eigenvalue weighted by atomic mass is 10.1. The number of hydrogen-bond donors (Lipinski definition) is 1. The van der Waals surface area contributed by atoms with Crippen molar-refractivity contribution in [3.05, 3.63) is 63.5 Å². The van der Waals surface area contributed by atoms with Crippen LogP contribution in [-0.4, -0.2) is 17.7 Å². The lowest BCUT2D eigenvalue weighted by Crippen LogP contribution is -2.08. The van der Waals surface area contributed by atoms with Crippen molar-refractivity contribution < 1.29 is 23.8 Å². The fourth-order valence-corrected chi connectivity index (χ4v) is 2.84. The maximum Gasteiger partial charge on any atom is 0.306 e. The van der Waals surface area contributed by atoms with Crippen LogP contribution in [-0.2, 0) is 4.79 Å². The largest absolute Gasteiger partial charge is 0.493 e. The van der Waals surface area contributed by atoms with Gasteiger partial charge in [0.15, 0.2) is 0 Å². The Morgan fingerprint density at radius 3 is 2.41 bits per heavy atom. The van der Waals surface area contributed by atoms with Gasteiger partial charge < -0.3 is 19.0 Å². The molecule has 0 bridgehead atoms. The van der Waals surface area contributed by atoms with Crippen LogP contribution in [0.3, 0.4) is 0 Å². The molecule has 0 aliphatic heterocycles. The number of benzene rings is 2. The van der Waals surface area contributed by atoms with Crippen molar-refractivity contribution in [1.82, 2.24) is 0 Å². The van der Waals surface area contributed by atoms with Gasteiger partial charge in [0.25, 0.3) is 0 Å². The molecule has 0 radical (unpaired) electrons. The van der Waals surface area contributed by atoms with Gasteiger partial charge in [0.1, 0.15) is 22.8 Å². The summed E-state index contributed by atoms with van der Waals surface area (Å²) in [6, 6.07) is 10.5. The first-order valence-electron chi connectivity index (χ1n) is 8.51. The molecule has 0 fully saturated rings. The highest BCUT2D eigenvalue weighted by atomic mass is 16.5. The predicted octanol–water partition coefficient (Wildman–Crippen LogP) is 4.36. The zero-order valence-electron chi connectivity index (χ0n) is 15.4. The molecule has 6 nitrogen and oxygen atoms in total. The van der Waals surface area contributed by atoms with Gasteiger partial charge in [0.05, 0.1) is 18.4 Å². The first kappa shape index (κ1) is 18.5. The van der Waals surface area contributed by atoms with Crippen molar-refractivity contribution in [2.75, 3.05) is 6.61 Å². The third-order valence-corrected chi connectivity index (χ3v) is 3.99. The Labute approximate surface area is 156 Å². The third-order valence-electron chi connectivity index (χ3n) is 3.99. The molecule has 0 aliphatic rings. The van der Waals surface area contributed by atoms with Crippen molar-refractivity contribution in [2.24, 2.45) is 0 Å². The number of fused-ring (bicyclic) bond motifs is 1. The number of carboxylic acids is 1. The van der Waals surface area contributed by atoms with Gasteiger partial charge in [-0.05, 0) is 56.2 Å². The minimum Gasteiger partial charge on any atom is -0.493 e. The highest BCUT2D eigenvalue weighted by Gasteiger charge is 2.15. The molecule has 3 rings (SSSR count). The van der Waals surface area contributed by atoms with E-state index in [1.807, 2.05) is 32.0 Å². The molecule has 0 amide bonds. The SMILES string of the molecule is Cc1cc(C)cc(Oc2c(C)oc3cc(OCCC(=O)O)ccc3c2=O)c1. The number of ether oxygens (including phenoxy) is 2. The van der Waals surface area contributed by atoms with E-state index in [-0.39, 0.29) is 24.2 Å². The quantitative estimate of drug-likeness (QED) is 0.695. The molecule has 1 heterocycles. The molecule has 140 valence electrons. The van der Waals surface area contributed by atoms with Crippen molar-refractivity contribution in [1.29, 1.82) is 0 Å². The molecule has 2 aromatic carbocycles. The molecule has 0 saturated heterocycles. The maximum atomic E-state index is 12.8. The molecule has 6 heteroatoms. The second-order valence-corrected chi connectivity index (χ2v) is 6.39. The summed E-state index contributed by atoms with van der Waals surface area (Å²) in [5.41, 5.74) is 2.16. The summed E-state index contributed by atoms with van der Waals surface area (Å²) in [6.07, 6.45) is -0.107. The maximum absolute atomic E-state index is 12.8. The smallest absolute Gasteiger partial charge is 0.306 e. The summed E-state index contributed by atoms with van der Waals surface area (Å²) in [4.78, 5) is 23.4. The second-order valence-electron chi connectivity index (χ2n) is 6.39. The lowest BCUT2D eigenvalue weighted by molar-refractivity contribution is -0.137. The van der Waals surface area contributed by atoms with E-state index < -0.39 is 5.97 Å². The first-order valence-corrected chi connectivity index (χ1v) is 8.51. The molecular formula is C21H20O6. The van der Waals surface area contributed by atoms with Crippen LogP contribution < -0.4 is 14.9 Å². The monoisotopic (exact) mass is 368 g/mol. The molecular weight excluding hydrogens is 348 g/mol. The fourth-order valence-electron chi connectivity index (χ4n) is 2.84. The van der Waals surface area contributed by atoms with Crippen molar-refractivity contribution in [2.45, 2.75) is 27.2 Å². The molecule has 0 unspecified atom stereocenters. The molecule has 0 saturated carbocycles. The highest BCUT2D eigenvalue weighted by Crippen LogP contribution is 2.28. The summed E-state index contributed by atoms with van der Waals surface area (Å²) in [5, 5.41) is 9.03. The summed E-state index contributed by atoms with van der Waals surface area (Å²) in [6.45, 7) is 5.62. The zero-order chi connectivity index (χ0) is 19.6. The molecule has 0 atom stereocenters. The average Bonchev–Trinajstić information content (AvgIpc) is 2.57. The van der Waals surface area contributed by atoms with E-state index in [1.54, 1.807) is 25.1 Å². The molecule has 1 N–H and O–H groups in total. The van der Waals surface area contributed by atoms with Gasteiger partial charge in [-0.1, -0.05) is 6.07 Å². The topological polar surface area (TPSA) is 86.0 Å². The van der Waals surface area contributed by atoms with Crippen LogP contribution in [0.1, 0.15) is 23.3 Å². The van der Waals surface area contributed by atoms with Crippen LogP contribution in [0.2, 0.25) is 0 Å². The lowest BCUT2D eigenvalue weighted by Gasteiger charge is -2.11. The fraction of sp³-hybridized carbons (Fsp3) is 0.238. The van der Waals surface area contributed by atoms with E-state index in [1.165, 1.54) is 0 Å². The number of aryl methyl sites for hydroxylation is 3. The van der Waals surface area contributed by atoms with E-state index in [2.05, 4.69) is 0 Å². The molecule has 3 aromatic rings. The highest BCUT2D eigenvalue weighted by molar-refractivity contribution is 5.79. The van der Waals surface area contributed by atoms with Gasteiger partial charge in [-0.2, -0.15) is 0 Å². The van der Waals surface area contributed by atoms with Crippen LogP contribution in [0.4, 0.5) is 0 Å². The Morgan fingerprint density at radius 1 is 1.04 bits per heavy atom. The summed E-state index contributed by atoms with van der Waals surface area (Å²) >= 11 is 0. The van der Waals surface area contributed by atoms with Crippen molar-refractivity contribution >= 4 is 16.9 Å². The van der Waals surface area contributed by atoms with Gasteiger partial charge in [-0.25, -0.2) is 0 Å². The minimum atomic E-state index is -0.939. The van der Waals surface area contributed by atoms with Crippen LogP contribution in [0, 0.1) is 20.8 Å². The van der Waals surface area contributed by atoms with Crippen LogP contribution >= 0.6 is 0 Å². The van der Waals surface area contributed by atoms with Gasteiger partial charge >= 0.3 is 5.97 Å². The molecule has 1 aromatic heterocycles. The Bertz CT molecular complexity index is 1040. The number of hydrogen-bond acceptors (Lipinski definition) is 5. The van der Waals surface area contributed by atoms with Crippen molar-refractivity contribution in [3.8, 4) is 17.2 Å². The summed E-state index contributed by atoms with van der Waals surface area (Å²) in [5.74, 6) is 0.581. The van der Waals surface area contributed by atoms with Crippen LogP contribution in [0.5, 0.6) is 17.2 Å². The summed E-state index contributed by atoms with van der Waals surface area (Å²) in [7, 11) is 0. The Balaban J connectivity index is 1.94. The van der Waals surface area contributed by atoms with E-state index >= 15 is 0 Å². The normalized spacial score (nSPS) is 10.8. The van der Waals surface area contributed by atoms with Crippen molar-refractivity contribution in [3.63, 3.8) is 0 Å². The van der Waals surface area contributed by atoms with Gasteiger partial charge in [0.2, 0.25) is 11.2 Å². The first-order chi connectivity index (χ1) is 12.8. The molecule has 0 spiro atoms. The standard InChI is InChI=1S/C21H20O6/c1-12-8-13(2)10-16(9-12)27-21-14(3)26-18-11-15(25-7-6-19(22)23)4-5-17(18)20(21)24/h4-5,8-11H,6-7H2,1-3H3,(H,22,23). The van der Waals surface area contributed by atoms with E-state index in [0.29, 0.717) is 28.2 Å². The number of rotatable bonds is 6. The molecule has 0 aliphatic carbocycles. The summed E-state index contributed by atoms with van der Waals surface area (Å²) < 4.78 is 17.0. The van der Waals surface area contributed by atoms with Gasteiger partial charge in [-0.15, -0.1) is 0 Å². The third kappa shape index (κ3) is 4.28. The second kappa shape index (κ2) is 7.53. The van der Waals surface area contributed by atoms with Gasteiger partial charge in [0, 0.05) is 6.07 Å². The number of carboxylic acid groups (broad SMARTS) is 1. The molecule has 27 heavy (non-hydrogen) atoms. The Kier molecular flexibility index (Phi) is 5.16. The van der Waals surface area contributed by atoms with E-state index in [9.17, 15) is 9.59 Å². The predicted molar refractivity (Wildman–Crippen MR) is 101 cm³/mol.